The molecular weight excluding hydrogens is 215 g/mol. The van der Waals surface area contributed by atoms with E-state index in [-0.39, 0.29) is 5.82 Å². The average Bonchev–Trinajstić information content (AvgIpc) is 2.32. The van der Waals surface area contributed by atoms with Gasteiger partial charge in [-0.1, -0.05) is 12.1 Å². The van der Waals surface area contributed by atoms with E-state index in [0.29, 0.717) is 5.52 Å². The van der Waals surface area contributed by atoms with E-state index >= 15 is 0 Å². The topological polar surface area (TPSA) is 25.8 Å². The van der Waals surface area contributed by atoms with Gasteiger partial charge in [0.1, 0.15) is 5.82 Å². The van der Waals surface area contributed by atoms with Gasteiger partial charge in [-0.25, -0.2) is 14.4 Å². The lowest BCUT2D eigenvalue weighted by Crippen LogP contribution is -1.92. The molecule has 0 fully saturated rings. The molecule has 2 aromatic carbocycles. The predicted octanol–water partition coefficient (Wildman–Crippen LogP) is 3.54. The van der Waals surface area contributed by atoms with Crippen molar-refractivity contribution in [2.45, 2.75) is 13.8 Å². The molecule has 3 aromatic rings. The number of hydrogen-bond donors (Lipinski definition) is 0. The van der Waals surface area contributed by atoms with Crippen molar-refractivity contribution in [3.05, 3.63) is 47.3 Å². The first-order valence-electron chi connectivity index (χ1n) is 5.48. The maximum atomic E-state index is 13.1. The Balaban J connectivity index is 2.52. The maximum absolute atomic E-state index is 13.1. The minimum absolute atomic E-state index is 0.281. The van der Waals surface area contributed by atoms with Gasteiger partial charge in [0.15, 0.2) is 0 Å². The average molecular weight is 226 g/mol. The van der Waals surface area contributed by atoms with Crippen LogP contribution >= 0.6 is 0 Å². The number of rotatable bonds is 0. The molecule has 0 saturated heterocycles. The molecule has 1 aromatic heterocycles. The van der Waals surface area contributed by atoms with Crippen molar-refractivity contribution in [1.29, 1.82) is 0 Å². The Labute approximate surface area is 98.1 Å². The standard InChI is InChI=1S/C14H11FN2/c1-8-3-4-9(2)14-13(8)16-11-6-5-10(15)7-12(11)17-14/h3-7H,1-2H3. The summed E-state index contributed by atoms with van der Waals surface area (Å²) in [5.41, 5.74) is 5.22. The molecule has 0 aliphatic carbocycles. The number of halogens is 1. The number of aryl methyl sites for hydroxylation is 2. The van der Waals surface area contributed by atoms with Gasteiger partial charge in [-0.15, -0.1) is 0 Å². The molecule has 84 valence electrons. The van der Waals surface area contributed by atoms with E-state index in [9.17, 15) is 4.39 Å². The molecule has 2 nitrogen and oxygen atoms in total. The third-order valence-electron chi connectivity index (χ3n) is 2.96. The third-order valence-corrected chi connectivity index (χ3v) is 2.96. The SMILES string of the molecule is Cc1ccc(C)c2nc3cc(F)ccc3nc12. The van der Waals surface area contributed by atoms with Gasteiger partial charge in [-0.3, -0.25) is 0 Å². The fourth-order valence-corrected chi connectivity index (χ4v) is 1.99. The first-order valence-corrected chi connectivity index (χ1v) is 5.48. The van der Waals surface area contributed by atoms with Crippen molar-refractivity contribution in [1.82, 2.24) is 9.97 Å². The summed E-state index contributed by atoms with van der Waals surface area (Å²) >= 11 is 0. The van der Waals surface area contributed by atoms with Crippen molar-refractivity contribution in [3.8, 4) is 0 Å². The predicted molar refractivity (Wildman–Crippen MR) is 66.5 cm³/mol. The fourth-order valence-electron chi connectivity index (χ4n) is 1.99. The zero-order valence-corrected chi connectivity index (χ0v) is 9.66. The number of fused-ring (bicyclic) bond motifs is 2. The van der Waals surface area contributed by atoms with Crippen molar-refractivity contribution in [3.63, 3.8) is 0 Å². The smallest absolute Gasteiger partial charge is 0.125 e. The second kappa shape index (κ2) is 3.48. The molecule has 17 heavy (non-hydrogen) atoms. The Morgan fingerprint density at radius 3 is 2.06 bits per heavy atom. The normalized spacial score (nSPS) is 11.2. The quantitative estimate of drug-likeness (QED) is 0.548. The van der Waals surface area contributed by atoms with E-state index < -0.39 is 0 Å². The zero-order chi connectivity index (χ0) is 12.0. The lowest BCUT2D eigenvalue weighted by molar-refractivity contribution is 0.629. The van der Waals surface area contributed by atoms with Crippen LogP contribution in [0.1, 0.15) is 11.1 Å². The molecule has 0 unspecified atom stereocenters. The molecule has 3 heteroatoms. The molecular formula is C14H11FN2. The first-order chi connectivity index (χ1) is 8.15. The molecule has 0 aliphatic heterocycles. The Morgan fingerprint density at radius 1 is 0.824 bits per heavy atom. The van der Waals surface area contributed by atoms with Crippen LogP contribution in [0.5, 0.6) is 0 Å². The Morgan fingerprint density at radius 2 is 1.41 bits per heavy atom. The third kappa shape index (κ3) is 1.55. The van der Waals surface area contributed by atoms with Gasteiger partial charge < -0.3 is 0 Å². The second-order valence-corrected chi connectivity index (χ2v) is 4.25. The summed E-state index contributed by atoms with van der Waals surface area (Å²) < 4.78 is 13.1. The van der Waals surface area contributed by atoms with Crippen LogP contribution in [0, 0.1) is 19.7 Å². The van der Waals surface area contributed by atoms with Gasteiger partial charge in [-0.2, -0.15) is 0 Å². The van der Waals surface area contributed by atoms with E-state index in [1.807, 2.05) is 26.0 Å². The lowest BCUT2D eigenvalue weighted by Gasteiger charge is -2.06. The fraction of sp³-hybridized carbons (Fsp3) is 0.143. The number of aromatic nitrogens is 2. The van der Waals surface area contributed by atoms with Crippen LogP contribution in [-0.2, 0) is 0 Å². The lowest BCUT2D eigenvalue weighted by atomic mass is 10.1. The largest absolute Gasteiger partial charge is 0.244 e. The van der Waals surface area contributed by atoms with Crippen molar-refractivity contribution in [2.24, 2.45) is 0 Å². The van der Waals surface area contributed by atoms with Crippen molar-refractivity contribution >= 4 is 22.1 Å². The van der Waals surface area contributed by atoms with Crippen LogP contribution in [0.25, 0.3) is 22.1 Å². The highest BCUT2D eigenvalue weighted by molar-refractivity contribution is 5.89. The number of benzene rings is 2. The van der Waals surface area contributed by atoms with E-state index in [0.717, 1.165) is 27.7 Å². The van der Waals surface area contributed by atoms with Gasteiger partial charge in [0, 0.05) is 6.07 Å². The Bertz CT molecular complexity index is 735. The van der Waals surface area contributed by atoms with Gasteiger partial charge in [0.2, 0.25) is 0 Å². The van der Waals surface area contributed by atoms with Crippen molar-refractivity contribution in [2.75, 3.05) is 0 Å². The molecule has 0 N–H and O–H groups in total. The van der Waals surface area contributed by atoms with Crippen LogP contribution in [0.3, 0.4) is 0 Å². The zero-order valence-electron chi connectivity index (χ0n) is 9.66. The summed E-state index contributed by atoms with van der Waals surface area (Å²) in [4.78, 5) is 9.05. The summed E-state index contributed by atoms with van der Waals surface area (Å²) in [5.74, 6) is -0.281. The van der Waals surface area contributed by atoms with Crippen LogP contribution < -0.4 is 0 Å². The monoisotopic (exact) mass is 226 g/mol. The molecule has 0 spiro atoms. The summed E-state index contributed by atoms with van der Waals surface area (Å²) in [6, 6.07) is 8.54. The maximum Gasteiger partial charge on any atom is 0.125 e. The molecule has 0 atom stereocenters. The van der Waals surface area contributed by atoms with E-state index in [2.05, 4.69) is 9.97 Å². The van der Waals surface area contributed by atoms with E-state index in [1.165, 1.54) is 12.1 Å². The van der Waals surface area contributed by atoms with E-state index in [4.69, 9.17) is 0 Å². The summed E-state index contributed by atoms with van der Waals surface area (Å²) in [6.45, 7) is 3.99. The van der Waals surface area contributed by atoms with Crippen molar-refractivity contribution < 1.29 is 4.39 Å². The molecule has 0 bridgehead atoms. The van der Waals surface area contributed by atoms with Gasteiger partial charge in [0.05, 0.1) is 22.1 Å². The minimum atomic E-state index is -0.281. The highest BCUT2D eigenvalue weighted by Crippen LogP contribution is 2.22. The van der Waals surface area contributed by atoms with E-state index in [1.54, 1.807) is 6.07 Å². The summed E-state index contributed by atoms with van der Waals surface area (Å²) in [5, 5.41) is 0. The minimum Gasteiger partial charge on any atom is -0.244 e. The van der Waals surface area contributed by atoms with Crippen LogP contribution in [-0.4, -0.2) is 9.97 Å². The van der Waals surface area contributed by atoms with Gasteiger partial charge in [0.25, 0.3) is 0 Å². The number of hydrogen-bond acceptors (Lipinski definition) is 2. The molecule has 1 heterocycles. The first kappa shape index (κ1) is 10.1. The Kier molecular flexibility index (Phi) is 2.08. The molecule has 0 saturated carbocycles. The summed E-state index contributed by atoms with van der Waals surface area (Å²) in [6.07, 6.45) is 0. The van der Waals surface area contributed by atoms with Crippen LogP contribution in [0.15, 0.2) is 30.3 Å². The highest BCUT2D eigenvalue weighted by Gasteiger charge is 2.06. The van der Waals surface area contributed by atoms with Crippen LogP contribution in [0.2, 0.25) is 0 Å². The van der Waals surface area contributed by atoms with Gasteiger partial charge >= 0.3 is 0 Å². The summed E-state index contributed by atoms with van der Waals surface area (Å²) in [7, 11) is 0. The molecule has 0 amide bonds. The highest BCUT2D eigenvalue weighted by atomic mass is 19.1. The van der Waals surface area contributed by atoms with Crippen LogP contribution in [0.4, 0.5) is 4.39 Å². The molecule has 0 aliphatic rings. The Hall–Kier alpha value is -2.03. The van der Waals surface area contributed by atoms with Gasteiger partial charge in [-0.05, 0) is 37.1 Å². The molecule has 3 rings (SSSR count). The number of nitrogens with zero attached hydrogens (tertiary/aromatic N) is 2. The molecule has 0 radical (unpaired) electrons. The second-order valence-electron chi connectivity index (χ2n) is 4.25.